The maximum Gasteiger partial charge on any atom is 0.125 e. The van der Waals surface area contributed by atoms with E-state index >= 15 is 0 Å². The molecule has 0 aliphatic carbocycles. The molecule has 22 heavy (non-hydrogen) atoms. The molecule has 1 heterocycles. The second-order valence-corrected chi connectivity index (χ2v) is 5.59. The Hall–Kier alpha value is -1.94. The Kier molecular flexibility index (Phi) is 5.90. The summed E-state index contributed by atoms with van der Waals surface area (Å²) < 4.78 is 5.98. The van der Waals surface area contributed by atoms with Crippen molar-refractivity contribution in [2.75, 3.05) is 19.7 Å². The Labute approximate surface area is 133 Å². The fourth-order valence-corrected chi connectivity index (χ4v) is 2.38. The summed E-state index contributed by atoms with van der Waals surface area (Å²) in [6, 6.07) is 6.23. The molecule has 4 nitrogen and oxygen atoms in total. The van der Waals surface area contributed by atoms with Crippen LogP contribution in [0.15, 0.2) is 30.6 Å². The van der Waals surface area contributed by atoms with Crippen LogP contribution in [0.1, 0.15) is 29.4 Å². The van der Waals surface area contributed by atoms with Crippen molar-refractivity contribution in [1.29, 1.82) is 0 Å². The lowest BCUT2D eigenvalue weighted by Crippen LogP contribution is -2.28. The predicted molar refractivity (Wildman–Crippen MR) is 89.1 cm³/mol. The van der Waals surface area contributed by atoms with E-state index in [9.17, 15) is 0 Å². The second-order valence-electron chi connectivity index (χ2n) is 5.59. The van der Waals surface area contributed by atoms with Crippen molar-refractivity contribution in [3.05, 3.63) is 53.1 Å². The number of likely N-dealkylation sites (N-methyl/N-ethyl adjacent to an activating group) is 1. The van der Waals surface area contributed by atoms with Gasteiger partial charge < -0.3 is 4.74 Å². The smallest absolute Gasteiger partial charge is 0.125 e. The molecule has 0 bridgehead atoms. The summed E-state index contributed by atoms with van der Waals surface area (Å²) in [6.07, 6.45) is 3.67. The van der Waals surface area contributed by atoms with E-state index in [1.54, 1.807) is 0 Å². The maximum absolute atomic E-state index is 5.98. The Morgan fingerprint density at radius 3 is 2.36 bits per heavy atom. The average molecular weight is 299 g/mol. The number of hydrogen-bond acceptors (Lipinski definition) is 4. The monoisotopic (exact) mass is 299 g/mol. The van der Waals surface area contributed by atoms with E-state index < -0.39 is 0 Å². The van der Waals surface area contributed by atoms with Gasteiger partial charge in [-0.05, 0) is 38.4 Å². The molecule has 0 fully saturated rings. The van der Waals surface area contributed by atoms with Crippen LogP contribution in [0, 0.1) is 20.8 Å². The van der Waals surface area contributed by atoms with Gasteiger partial charge in [-0.15, -0.1) is 0 Å². The molecule has 0 saturated heterocycles. The van der Waals surface area contributed by atoms with Gasteiger partial charge >= 0.3 is 0 Å². The number of aromatic nitrogens is 2. The van der Waals surface area contributed by atoms with Gasteiger partial charge in [0.2, 0.25) is 0 Å². The number of hydrogen-bond donors (Lipinski definition) is 0. The highest BCUT2D eigenvalue weighted by molar-refractivity contribution is 5.39. The topological polar surface area (TPSA) is 38.2 Å². The van der Waals surface area contributed by atoms with Crippen LogP contribution in [-0.2, 0) is 6.54 Å². The lowest BCUT2D eigenvalue weighted by molar-refractivity contribution is 0.207. The van der Waals surface area contributed by atoms with Crippen LogP contribution in [0.3, 0.4) is 0 Å². The Balaban J connectivity index is 1.87. The molecule has 0 radical (unpaired) electrons. The van der Waals surface area contributed by atoms with Crippen LogP contribution >= 0.6 is 0 Å². The molecule has 1 aromatic heterocycles. The second kappa shape index (κ2) is 7.90. The molecule has 0 atom stereocenters. The van der Waals surface area contributed by atoms with Gasteiger partial charge in [0, 0.05) is 25.5 Å². The normalized spacial score (nSPS) is 11.0. The van der Waals surface area contributed by atoms with E-state index in [1.165, 1.54) is 11.1 Å². The number of ether oxygens (including phenoxy) is 1. The molecule has 4 heteroatoms. The van der Waals surface area contributed by atoms with Crippen molar-refractivity contribution >= 4 is 0 Å². The zero-order chi connectivity index (χ0) is 15.9. The highest BCUT2D eigenvalue weighted by Crippen LogP contribution is 2.22. The fraction of sp³-hybridized carbons (Fsp3) is 0.444. The summed E-state index contributed by atoms with van der Waals surface area (Å²) in [5, 5.41) is 0. The summed E-state index contributed by atoms with van der Waals surface area (Å²) in [5.74, 6) is 1.01. The Bertz CT molecular complexity index is 576. The third-order valence-corrected chi connectivity index (χ3v) is 3.73. The lowest BCUT2D eigenvalue weighted by atomic mass is 10.1. The molecule has 0 spiro atoms. The largest absolute Gasteiger partial charge is 0.492 e. The predicted octanol–water partition coefficient (Wildman–Crippen LogP) is 3.30. The highest BCUT2D eigenvalue weighted by Gasteiger charge is 2.07. The van der Waals surface area contributed by atoms with Gasteiger partial charge in [0.15, 0.2) is 0 Å². The quantitative estimate of drug-likeness (QED) is 0.786. The van der Waals surface area contributed by atoms with Crippen molar-refractivity contribution in [3.63, 3.8) is 0 Å². The van der Waals surface area contributed by atoms with Crippen LogP contribution in [0.5, 0.6) is 5.75 Å². The first-order chi connectivity index (χ1) is 10.6. The van der Waals surface area contributed by atoms with Crippen LogP contribution < -0.4 is 4.74 Å². The maximum atomic E-state index is 5.98. The highest BCUT2D eigenvalue weighted by atomic mass is 16.5. The van der Waals surface area contributed by atoms with Gasteiger partial charge in [-0.2, -0.15) is 0 Å². The van der Waals surface area contributed by atoms with Crippen LogP contribution in [0.25, 0.3) is 0 Å². The summed E-state index contributed by atoms with van der Waals surface area (Å²) in [6.45, 7) is 11.6. The SMILES string of the molecule is CCN(CCOc1c(C)cccc1C)Cc1cnc(C)cn1. The van der Waals surface area contributed by atoms with Crippen LogP contribution in [-0.4, -0.2) is 34.6 Å². The Morgan fingerprint density at radius 2 is 1.77 bits per heavy atom. The number of rotatable bonds is 7. The first-order valence-corrected chi connectivity index (χ1v) is 7.79. The zero-order valence-electron chi connectivity index (χ0n) is 14.0. The molecular formula is C18H25N3O. The Morgan fingerprint density at radius 1 is 1.05 bits per heavy atom. The minimum absolute atomic E-state index is 0.679. The van der Waals surface area contributed by atoms with Gasteiger partial charge in [-0.25, -0.2) is 0 Å². The summed E-state index contributed by atoms with van der Waals surface area (Å²) >= 11 is 0. The summed E-state index contributed by atoms with van der Waals surface area (Å²) in [7, 11) is 0. The molecule has 1 aromatic carbocycles. The molecule has 0 aliphatic heterocycles. The number of benzene rings is 1. The number of para-hydroxylation sites is 1. The van der Waals surface area contributed by atoms with E-state index in [2.05, 4.69) is 53.8 Å². The van der Waals surface area contributed by atoms with E-state index in [0.717, 1.165) is 36.8 Å². The third-order valence-electron chi connectivity index (χ3n) is 3.73. The van der Waals surface area contributed by atoms with Gasteiger partial charge in [0.1, 0.15) is 12.4 Å². The third kappa shape index (κ3) is 4.53. The average Bonchev–Trinajstić information content (AvgIpc) is 2.51. The zero-order valence-corrected chi connectivity index (χ0v) is 14.0. The van der Waals surface area contributed by atoms with Gasteiger partial charge in [-0.1, -0.05) is 25.1 Å². The minimum atomic E-state index is 0.679. The molecule has 2 rings (SSSR count). The van der Waals surface area contributed by atoms with Crippen molar-refractivity contribution < 1.29 is 4.74 Å². The first kappa shape index (κ1) is 16.4. The molecule has 0 N–H and O–H groups in total. The standard InChI is InChI=1S/C18H25N3O/c1-5-21(13-17-12-19-16(4)11-20-17)9-10-22-18-14(2)7-6-8-15(18)3/h6-8,11-12H,5,9-10,13H2,1-4H3. The van der Waals surface area contributed by atoms with Crippen LogP contribution in [0.2, 0.25) is 0 Å². The minimum Gasteiger partial charge on any atom is -0.492 e. The summed E-state index contributed by atoms with van der Waals surface area (Å²) in [5.41, 5.74) is 4.32. The molecule has 118 valence electrons. The van der Waals surface area contributed by atoms with Crippen molar-refractivity contribution in [2.45, 2.75) is 34.2 Å². The molecule has 0 saturated carbocycles. The fourth-order valence-electron chi connectivity index (χ4n) is 2.38. The number of nitrogens with zero attached hydrogens (tertiary/aromatic N) is 3. The molecule has 0 amide bonds. The molecule has 0 unspecified atom stereocenters. The van der Waals surface area contributed by atoms with Gasteiger partial charge in [0.05, 0.1) is 11.4 Å². The number of aryl methyl sites for hydroxylation is 3. The molecular weight excluding hydrogens is 274 g/mol. The molecule has 2 aromatic rings. The van der Waals surface area contributed by atoms with E-state index in [1.807, 2.05) is 19.3 Å². The lowest BCUT2D eigenvalue weighted by Gasteiger charge is -2.20. The van der Waals surface area contributed by atoms with Gasteiger partial charge in [0.25, 0.3) is 0 Å². The van der Waals surface area contributed by atoms with E-state index in [-0.39, 0.29) is 0 Å². The summed E-state index contributed by atoms with van der Waals surface area (Å²) in [4.78, 5) is 11.0. The van der Waals surface area contributed by atoms with Crippen molar-refractivity contribution in [2.24, 2.45) is 0 Å². The van der Waals surface area contributed by atoms with Crippen molar-refractivity contribution in [3.8, 4) is 5.75 Å². The molecule has 0 aliphatic rings. The van der Waals surface area contributed by atoms with Crippen LogP contribution in [0.4, 0.5) is 0 Å². The van der Waals surface area contributed by atoms with E-state index in [4.69, 9.17) is 4.74 Å². The van der Waals surface area contributed by atoms with Gasteiger partial charge in [-0.3, -0.25) is 14.9 Å². The first-order valence-electron chi connectivity index (χ1n) is 7.79. The van der Waals surface area contributed by atoms with E-state index in [0.29, 0.717) is 6.61 Å². The van der Waals surface area contributed by atoms with Crippen molar-refractivity contribution in [1.82, 2.24) is 14.9 Å².